The molecule has 0 spiro atoms. The van der Waals surface area contributed by atoms with Gasteiger partial charge < -0.3 is 9.64 Å². The summed E-state index contributed by atoms with van der Waals surface area (Å²) < 4.78 is 32.5. The van der Waals surface area contributed by atoms with E-state index in [4.69, 9.17) is 4.74 Å². The fourth-order valence-electron chi connectivity index (χ4n) is 3.56. The van der Waals surface area contributed by atoms with E-state index in [2.05, 4.69) is 0 Å². The fourth-order valence-corrected chi connectivity index (χ4v) is 4.98. The number of rotatable bonds is 7. The van der Waals surface area contributed by atoms with E-state index in [1.54, 1.807) is 19.1 Å². The number of amides is 1. The Morgan fingerprint density at radius 1 is 1.09 bits per heavy atom. The van der Waals surface area contributed by atoms with Gasteiger partial charge in [-0.25, -0.2) is 8.42 Å². The van der Waals surface area contributed by atoms with Gasteiger partial charge in [0, 0.05) is 37.8 Å². The van der Waals surface area contributed by atoms with Gasteiger partial charge >= 0.3 is 5.69 Å². The zero-order valence-electron chi connectivity index (χ0n) is 18.4. The Labute approximate surface area is 187 Å². The summed E-state index contributed by atoms with van der Waals surface area (Å²) in [7, 11) is -3.66. The third-order valence-electron chi connectivity index (χ3n) is 5.41. The summed E-state index contributed by atoms with van der Waals surface area (Å²) in [6, 6.07) is 11.0. The van der Waals surface area contributed by atoms with E-state index >= 15 is 0 Å². The van der Waals surface area contributed by atoms with Crippen molar-refractivity contribution in [3.8, 4) is 5.75 Å². The summed E-state index contributed by atoms with van der Waals surface area (Å²) >= 11 is 0. The molecule has 1 heterocycles. The number of ether oxygens (including phenoxy) is 1. The molecular formula is C22H27N3O6S. The Kier molecular flexibility index (Phi) is 7.15. The van der Waals surface area contributed by atoms with Crippen LogP contribution < -0.4 is 4.74 Å². The van der Waals surface area contributed by atoms with Gasteiger partial charge in [-0.15, -0.1) is 0 Å². The van der Waals surface area contributed by atoms with Crippen molar-refractivity contribution in [2.24, 2.45) is 0 Å². The van der Waals surface area contributed by atoms with E-state index in [-0.39, 0.29) is 60.6 Å². The van der Waals surface area contributed by atoms with Gasteiger partial charge in [-0.3, -0.25) is 14.9 Å². The van der Waals surface area contributed by atoms with Crippen LogP contribution in [0.15, 0.2) is 47.4 Å². The molecule has 2 aromatic rings. The van der Waals surface area contributed by atoms with Crippen LogP contribution in [0, 0.1) is 10.1 Å². The van der Waals surface area contributed by atoms with Gasteiger partial charge in [-0.2, -0.15) is 4.31 Å². The van der Waals surface area contributed by atoms with Crippen LogP contribution >= 0.6 is 0 Å². The van der Waals surface area contributed by atoms with E-state index in [9.17, 15) is 23.3 Å². The van der Waals surface area contributed by atoms with Crippen molar-refractivity contribution in [1.82, 2.24) is 9.21 Å². The number of benzene rings is 2. The van der Waals surface area contributed by atoms with E-state index < -0.39 is 14.9 Å². The smallest absolute Gasteiger partial charge is 0.311 e. The number of hydrogen-bond acceptors (Lipinski definition) is 6. The number of carbonyl (C=O) groups is 1. The maximum Gasteiger partial charge on any atom is 0.311 e. The maximum atomic E-state index is 13.0. The molecule has 0 aliphatic carbocycles. The molecular weight excluding hydrogens is 434 g/mol. The van der Waals surface area contributed by atoms with Crippen LogP contribution in [-0.2, 0) is 10.0 Å². The largest absolute Gasteiger partial charge is 0.487 e. The molecule has 10 heteroatoms. The van der Waals surface area contributed by atoms with Crippen LogP contribution in [0.25, 0.3) is 0 Å². The van der Waals surface area contributed by atoms with Crippen LogP contribution in [-0.4, -0.2) is 61.2 Å². The number of nitro benzene ring substituents is 1. The third kappa shape index (κ3) is 4.91. The Morgan fingerprint density at radius 3 is 2.25 bits per heavy atom. The first-order valence-electron chi connectivity index (χ1n) is 10.5. The van der Waals surface area contributed by atoms with Gasteiger partial charge in [0.05, 0.1) is 16.4 Å². The number of carbonyl (C=O) groups excluding carboxylic acids is 1. The highest BCUT2D eigenvalue weighted by Gasteiger charge is 2.31. The van der Waals surface area contributed by atoms with E-state index in [0.29, 0.717) is 5.92 Å². The highest BCUT2D eigenvalue weighted by molar-refractivity contribution is 7.89. The lowest BCUT2D eigenvalue weighted by atomic mass is 10.0. The van der Waals surface area contributed by atoms with Gasteiger partial charge in [-0.05, 0) is 42.7 Å². The number of piperazine rings is 1. The van der Waals surface area contributed by atoms with E-state index in [0.717, 1.165) is 5.56 Å². The van der Waals surface area contributed by atoms with Crippen molar-refractivity contribution < 1.29 is 22.9 Å². The van der Waals surface area contributed by atoms with E-state index in [1.807, 2.05) is 26.0 Å². The molecule has 0 saturated carbocycles. The number of sulfonamides is 1. The zero-order chi connectivity index (χ0) is 23.5. The summed E-state index contributed by atoms with van der Waals surface area (Å²) in [5.74, 6) is 0.0302. The van der Waals surface area contributed by atoms with Crippen LogP contribution in [0.4, 0.5) is 5.69 Å². The Morgan fingerprint density at radius 2 is 1.72 bits per heavy atom. The second kappa shape index (κ2) is 9.66. The average Bonchev–Trinajstić information content (AvgIpc) is 2.79. The standard InChI is InChI=1S/C22H27N3O6S/c1-4-31-21-10-7-18(15-20(21)25(27)28)22(26)23-11-13-24(14-12-23)32(29,30)19-8-5-17(6-9-19)16(2)3/h5-10,15-16H,4,11-14H2,1-3H3. The minimum absolute atomic E-state index is 0.105. The molecule has 0 atom stereocenters. The first-order valence-corrected chi connectivity index (χ1v) is 11.9. The Bertz CT molecular complexity index is 1090. The quantitative estimate of drug-likeness (QED) is 0.462. The van der Waals surface area contributed by atoms with Crippen molar-refractivity contribution >= 4 is 21.6 Å². The molecule has 0 unspecified atom stereocenters. The monoisotopic (exact) mass is 461 g/mol. The Hall–Kier alpha value is -2.98. The highest BCUT2D eigenvalue weighted by atomic mass is 32.2. The van der Waals surface area contributed by atoms with Gasteiger partial charge in [0.25, 0.3) is 5.91 Å². The second-order valence-electron chi connectivity index (χ2n) is 7.79. The molecule has 1 saturated heterocycles. The van der Waals surface area contributed by atoms with Crippen LogP contribution in [0.5, 0.6) is 5.75 Å². The van der Waals surface area contributed by atoms with Crippen LogP contribution in [0.3, 0.4) is 0 Å². The van der Waals surface area contributed by atoms with Crippen molar-refractivity contribution in [2.75, 3.05) is 32.8 Å². The summed E-state index contributed by atoms with van der Waals surface area (Å²) in [4.78, 5) is 25.3. The van der Waals surface area contributed by atoms with Crippen molar-refractivity contribution in [3.63, 3.8) is 0 Å². The van der Waals surface area contributed by atoms with Crippen LogP contribution in [0.1, 0.15) is 42.6 Å². The first kappa shape index (κ1) is 23.7. The molecule has 32 heavy (non-hydrogen) atoms. The molecule has 1 fully saturated rings. The molecule has 0 bridgehead atoms. The topological polar surface area (TPSA) is 110 Å². The first-order chi connectivity index (χ1) is 15.1. The summed E-state index contributed by atoms with van der Waals surface area (Å²) in [5.41, 5.74) is 0.952. The second-order valence-corrected chi connectivity index (χ2v) is 9.73. The van der Waals surface area contributed by atoms with Crippen molar-refractivity contribution in [2.45, 2.75) is 31.6 Å². The van der Waals surface area contributed by atoms with Crippen molar-refractivity contribution in [3.05, 3.63) is 63.7 Å². The fraction of sp³-hybridized carbons (Fsp3) is 0.409. The number of nitro groups is 1. The lowest BCUT2D eigenvalue weighted by molar-refractivity contribution is -0.385. The summed E-state index contributed by atoms with van der Waals surface area (Å²) in [5, 5.41) is 11.3. The highest BCUT2D eigenvalue weighted by Crippen LogP contribution is 2.29. The average molecular weight is 462 g/mol. The van der Waals surface area contributed by atoms with E-state index in [1.165, 1.54) is 27.4 Å². The lowest BCUT2D eigenvalue weighted by Gasteiger charge is -2.34. The maximum absolute atomic E-state index is 13.0. The predicted molar refractivity (Wildman–Crippen MR) is 119 cm³/mol. The van der Waals surface area contributed by atoms with Gasteiger partial charge in [-0.1, -0.05) is 26.0 Å². The normalized spacial score (nSPS) is 15.1. The molecule has 1 aliphatic rings. The van der Waals surface area contributed by atoms with Gasteiger partial charge in [0.2, 0.25) is 10.0 Å². The summed E-state index contributed by atoms with van der Waals surface area (Å²) in [6.07, 6.45) is 0. The molecule has 0 radical (unpaired) electrons. The molecule has 9 nitrogen and oxygen atoms in total. The zero-order valence-corrected chi connectivity index (χ0v) is 19.2. The predicted octanol–water partition coefficient (Wildman–Crippen LogP) is 3.26. The third-order valence-corrected chi connectivity index (χ3v) is 7.33. The molecule has 1 aliphatic heterocycles. The molecule has 1 amide bonds. The minimum atomic E-state index is -3.66. The van der Waals surface area contributed by atoms with Gasteiger partial charge in [0.1, 0.15) is 0 Å². The lowest BCUT2D eigenvalue weighted by Crippen LogP contribution is -2.50. The Balaban J connectivity index is 1.70. The van der Waals surface area contributed by atoms with Crippen molar-refractivity contribution in [1.29, 1.82) is 0 Å². The number of nitrogens with zero attached hydrogens (tertiary/aromatic N) is 3. The molecule has 172 valence electrons. The van der Waals surface area contributed by atoms with Gasteiger partial charge in [0.15, 0.2) is 5.75 Å². The molecule has 3 rings (SSSR count). The number of hydrogen-bond donors (Lipinski definition) is 0. The minimum Gasteiger partial charge on any atom is -0.487 e. The molecule has 2 aromatic carbocycles. The van der Waals surface area contributed by atoms with Crippen LogP contribution in [0.2, 0.25) is 0 Å². The summed E-state index contributed by atoms with van der Waals surface area (Å²) in [6.45, 7) is 6.77. The SMILES string of the molecule is CCOc1ccc(C(=O)N2CCN(S(=O)(=O)c3ccc(C(C)C)cc3)CC2)cc1[N+](=O)[O-]. The molecule has 0 aromatic heterocycles. The molecule has 0 N–H and O–H groups in total.